The normalized spacial score (nSPS) is 11.6. The first-order valence-electron chi connectivity index (χ1n) is 5.66. The Kier molecular flexibility index (Phi) is 6.32. The van der Waals surface area contributed by atoms with Gasteiger partial charge >= 0.3 is 0 Å². The maximum absolute atomic E-state index is 9.57. The molecule has 0 bridgehead atoms. The van der Waals surface area contributed by atoms with Gasteiger partial charge in [0.2, 0.25) is 0 Å². The molecule has 0 saturated carbocycles. The molecule has 0 aliphatic heterocycles. The lowest BCUT2D eigenvalue weighted by Gasteiger charge is -2.04. The molecule has 0 fully saturated rings. The van der Waals surface area contributed by atoms with Crippen LogP contribution in [0.4, 0.5) is 0 Å². The molecule has 1 unspecified atom stereocenters. The summed E-state index contributed by atoms with van der Waals surface area (Å²) in [6.45, 7) is 0.197. The number of hydrogen-bond donors (Lipinski definition) is 2. The van der Waals surface area contributed by atoms with Crippen LogP contribution in [-0.2, 0) is 0 Å². The lowest BCUT2D eigenvalue weighted by Crippen LogP contribution is -2.05. The number of unbranched alkanes of at least 4 members (excludes halogenated alkanes) is 1. The summed E-state index contributed by atoms with van der Waals surface area (Å²) in [5.74, 6) is 5.97. The average Bonchev–Trinajstić information content (AvgIpc) is 2.31. The minimum atomic E-state index is -0.372. The molecule has 0 radical (unpaired) electrons. The summed E-state index contributed by atoms with van der Waals surface area (Å²) in [7, 11) is 0. The first-order valence-corrected chi connectivity index (χ1v) is 5.66. The highest BCUT2D eigenvalue weighted by Crippen LogP contribution is 2.03. The third-order valence-electron chi connectivity index (χ3n) is 2.29. The molecule has 0 aliphatic rings. The van der Waals surface area contributed by atoms with E-state index in [1.54, 1.807) is 0 Å². The monoisotopic (exact) mass is 218 g/mol. The van der Waals surface area contributed by atoms with Crippen LogP contribution < -0.4 is 0 Å². The van der Waals surface area contributed by atoms with E-state index in [0.29, 0.717) is 12.8 Å². The zero-order valence-electron chi connectivity index (χ0n) is 9.39. The van der Waals surface area contributed by atoms with Gasteiger partial charge in [0.25, 0.3) is 0 Å². The highest BCUT2D eigenvalue weighted by Gasteiger charge is 2.00. The fraction of sp³-hybridized carbons (Fsp3) is 0.429. The molecule has 1 rings (SSSR count). The molecule has 2 heteroatoms. The lowest BCUT2D eigenvalue weighted by molar-refractivity contribution is 0.162. The Labute approximate surface area is 96.9 Å². The number of aliphatic hydroxyl groups is 2. The van der Waals surface area contributed by atoms with Gasteiger partial charge in [0.05, 0.1) is 6.10 Å². The van der Waals surface area contributed by atoms with Gasteiger partial charge in [0.15, 0.2) is 0 Å². The largest absolute Gasteiger partial charge is 0.396 e. The zero-order chi connectivity index (χ0) is 11.6. The van der Waals surface area contributed by atoms with Gasteiger partial charge < -0.3 is 10.2 Å². The van der Waals surface area contributed by atoms with E-state index in [4.69, 9.17) is 5.11 Å². The third kappa shape index (κ3) is 5.55. The standard InChI is InChI=1S/C14H18O2/c15-12-5-4-10-14(16)11-6-9-13-7-2-1-3-8-13/h1-3,7-8,14-16H,4-5,10-12H2. The van der Waals surface area contributed by atoms with Crippen molar-refractivity contribution < 1.29 is 10.2 Å². The Morgan fingerprint density at radius 3 is 2.56 bits per heavy atom. The van der Waals surface area contributed by atoms with Gasteiger partial charge in [-0.1, -0.05) is 30.0 Å². The Bertz CT molecular complexity index is 335. The average molecular weight is 218 g/mol. The van der Waals surface area contributed by atoms with Crippen molar-refractivity contribution in [3.8, 4) is 11.8 Å². The van der Waals surface area contributed by atoms with E-state index in [2.05, 4.69) is 11.8 Å². The van der Waals surface area contributed by atoms with Crippen LogP contribution in [0, 0.1) is 11.8 Å². The quantitative estimate of drug-likeness (QED) is 0.586. The summed E-state index contributed by atoms with van der Waals surface area (Å²) < 4.78 is 0. The van der Waals surface area contributed by atoms with Crippen LogP contribution in [0.1, 0.15) is 31.2 Å². The van der Waals surface area contributed by atoms with Crippen molar-refractivity contribution in [1.82, 2.24) is 0 Å². The number of benzene rings is 1. The molecule has 0 spiro atoms. The van der Waals surface area contributed by atoms with E-state index in [0.717, 1.165) is 18.4 Å². The van der Waals surface area contributed by atoms with Crippen LogP contribution in [0.15, 0.2) is 30.3 Å². The molecule has 0 saturated heterocycles. The van der Waals surface area contributed by atoms with Crippen LogP contribution in [-0.4, -0.2) is 22.9 Å². The van der Waals surface area contributed by atoms with E-state index in [1.165, 1.54) is 0 Å². The van der Waals surface area contributed by atoms with Gasteiger partial charge in [0.1, 0.15) is 0 Å². The number of rotatable bonds is 5. The summed E-state index contributed by atoms with van der Waals surface area (Å²) in [5.41, 5.74) is 0.977. The fourth-order valence-electron chi connectivity index (χ4n) is 1.39. The summed E-state index contributed by atoms with van der Waals surface area (Å²) in [6, 6.07) is 9.74. The van der Waals surface area contributed by atoms with Gasteiger partial charge in [-0.3, -0.25) is 0 Å². The molecule has 2 N–H and O–H groups in total. The molecule has 1 aromatic rings. The van der Waals surface area contributed by atoms with Gasteiger partial charge in [0, 0.05) is 18.6 Å². The molecule has 0 aliphatic carbocycles. The van der Waals surface area contributed by atoms with Crippen LogP contribution >= 0.6 is 0 Å². The van der Waals surface area contributed by atoms with Crippen LogP contribution in [0.2, 0.25) is 0 Å². The lowest BCUT2D eigenvalue weighted by atomic mass is 10.1. The van der Waals surface area contributed by atoms with E-state index in [9.17, 15) is 5.11 Å². The van der Waals surface area contributed by atoms with Crippen molar-refractivity contribution in [3.63, 3.8) is 0 Å². The number of hydrogen-bond acceptors (Lipinski definition) is 2. The molecule has 1 aromatic carbocycles. The van der Waals surface area contributed by atoms with Crippen molar-refractivity contribution in [1.29, 1.82) is 0 Å². The van der Waals surface area contributed by atoms with Gasteiger partial charge in [-0.15, -0.1) is 0 Å². The minimum Gasteiger partial charge on any atom is -0.396 e. The molecule has 0 amide bonds. The second-order valence-corrected chi connectivity index (χ2v) is 3.75. The summed E-state index contributed by atoms with van der Waals surface area (Å²) in [6.07, 6.45) is 2.45. The Morgan fingerprint density at radius 2 is 1.88 bits per heavy atom. The van der Waals surface area contributed by atoms with Crippen molar-refractivity contribution in [2.45, 2.75) is 31.8 Å². The Morgan fingerprint density at radius 1 is 1.12 bits per heavy atom. The predicted molar refractivity (Wildman–Crippen MR) is 64.9 cm³/mol. The first-order chi connectivity index (χ1) is 7.83. The van der Waals surface area contributed by atoms with Crippen LogP contribution in [0.5, 0.6) is 0 Å². The van der Waals surface area contributed by atoms with Gasteiger partial charge in [-0.05, 0) is 31.4 Å². The molecular weight excluding hydrogens is 200 g/mol. The first kappa shape index (κ1) is 12.8. The molecule has 16 heavy (non-hydrogen) atoms. The predicted octanol–water partition coefficient (Wildman–Crippen LogP) is 1.95. The second-order valence-electron chi connectivity index (χ2n) is 3.75. The Hall–Kier alpha value is -1.30. The highest BCUT2D eigenvalue weighted by atomic mass is 16.3. The molecule has 0 heterocycles. The maximum atomic E-state index is 9.57. The summed E-state index contributed by atoms with van der Waals surface area (Å²) >= 11 is 0. The van der Waals surface area contributed by atoms with Crippen molar-refractivity contribution >= 4 is 0 Å². The van der Waals surface area contributed by atoms with Crippen molar-refractivity contribution in [2.75, 3.05) is 6.61 Å². The Balaban J connectivity index is 2.26. The van der Waals surface area contributed by atoms with Crippen LogP contribution in [0.25, 0.3) is 0 Å². The third-order valence-corrected chi connectivity index (χ3v) is 2.29. The summed E-state index contributed by atoms with van der Waals surface area (Å²) in [4.78, 5) is 0. The topological polar surface area (TPSA) is 40.5 Å². The molecular formula is C14H18O2. The molecule has 0 aromatic heterocycles. The van der Waals surface area contributed by atoms with E-state index < -0.39 is 0 Å². The van der Waals surface area contributed by atoms with Crippen molar-refractivity contribution in [3.05, 3.63) is 35.9 Å². The minimum absolute atomic E-state index is 0.197. The molecule has 1 atom stereocenters. The van der Waals surface area contributed by atoms with E-state index >= 15 is 0 Å². The smallest absolute Gasteiger partial charge is 0.0649 e. The maximum Gasteiger partial charge on any atom is 0.0649 e. The number of aliphatic hydroxyl groups excluding tert-OH is 2. The van der Waals surface area contributed by atoms with Gasteiger partial charge in [-0.25, -0.2) is 0 Å². The van der Waals surface area contributed by atoms with Gasteiger partial charge in [-0.2, -0.15) is 0 Å². The van der Waals surface area contributed by atoms with E-state index in [-0.39, 0.29) is 12.7 Å². The highest BCUT2D eigenvalue weighted by molar-refractivity contribution is 5.33. The molecule has 2 nitrogen and oxygen atoms in total. The zero-order valence-corrected chi connectivity index (χ0v) is 9.39. The van der Waals surface area contributed by atoms with Crippen molar-refractivity contribution in [2.24, 2.45) is 0 Å². The van der Waals surface area contributed by atoms with Crippen LogP contribution in [0.3, 0.4) is 0 Å². The summed E-state index contributed by atoms with van der Waals surface area (Å²) in [5, 5.41) is 18.2. The second kappa shape index (κ2) is 7.92. The van der Waals surface area contributed by atoms with E-state index in [1.807, 2.05) is 30.3 Å². The fourth-order valence-corrected chi connectivity index (χ4v) is 1.39. The SMILES string of the molecule is OCCCCC(O)CC#Cc1ccccc1. The molecule has 86 valence electrons.